The Morgan fingerprint density at radius 1 is 0.944 bits per heavy atom. The van der Waals surface area contributed by atoms with E-state index in [-0.39, 0.29) is 6.61 Å². The minimum atomic E-state index is -1.96. The fourth-order valence-corrected chi connectivity index (χ4v) is 10.6. The fraction of sp³-hybridized carbons (Fsp3) is 0.448. The number of nitriles is 1. The van der Waals surface area contributed by atoms with Crippen molar-refractivity contribution in [2.75, 3.05) is 7.11 Å². The Morgan fingerprint density at radius 2 is 1.64 bits per heavy atom. The summed E-state index contributed by atoms with van der Waals surface area (Å²) >= 11 is 0. The molecule has 0 fully saturated rings. The van der Waals surface area contributed by atoms with Gasteiger partial charge in [-0.2, -0.15) is 5.26 Å². The van der Waals surface area contributed by atoms with Crippen molar-refractivity contribution in [2.24, 2.45) is 0 Å². The topological polar surface area (TPSA) is 77.5 Å². The van der Waals surface area contributed by atoms with Crippen LogP contribution in [0.5, 0.6) is 11.5 Å². The Labute approximate surface area is 216 Å². The maximum absolute atomic E-state index is 9.16. The molecule has 0 aliphatic rings. The highest BCUT2D eigenvalue weighted by molar-refractivity contribution is 6.77. The summed E-state index contributed by atoms with van der Waals surface area (Å²) in [6.07, 6.45) is 0. The molecule has 0 saturated carbocycles. The molecule has 0 saturated heterocycles. The first-order chi connectivity index (χ1) is 17.1. The summed E-state index contributed by atoms with van der Waals surface area (Å²) in [5.41, 5.74) is 4.66. The van der Waals surface area contributed by atoms with Crippen molar-refractivity contribution in [1.29, 1.82) is 5.26 Å². The van der Waals surface area contributed by atoms with Gasteiger partial charge in [-0.15, -0.1) is 0 Å². The Hall–Kier alpha value is -3.08. The molecular weight excluding hydrogens is 468 g/mol. The van der Waals surface area contributed by atoms with E-state index in [1.807, 2.05) is 37.3 Å². The lowest BCUT2D eigenvalue weighted by molar-refractivity contribution is 0.262. The van der Waals surface area contributed by atoms with Gasteiger partial charge >= 0.3 is 0 Å². The van der Waals surface area contributed by atoms with Gasteiger partial charge in [0, 0.05) is 5.56 Å². The second-order valence-corrected chi connectivity index (χ2v) is 15.6. The maximum atomic E-state index is 9.16. The molecule has 0 aliphatic heterocycles. The van der Waals surface area contributed by atoms with Crippen LogP contribution in [0.25, 0.3) is 11.5 Å². The van der Waals surface area contributed by atoms with Gasteiger partial charge in [-0.3, -0.25) is 0 Å². The first-order valence-electron chi connectivity index (χ1n) is 12.5. The molecule has 3 aromatic rings. The smallest absolute Gasteiger partial charge is 0.226 e. The van der Waals surface area contributed by atoms with Crippen LogP contribution in [0.1, 0.15) is 64.1 Å². The Bertz CT molecular complexity index is 1190. The minimum absolute atomic E-state index is 0.240. The SMILES string of the molecule is COc1cc(CO[Si](C(C)C)(C(C)C)C(C)C)ccc1OCc1nc(-c2cccc(C#N)c2)oc1C. The third-order valence-electron chi connectivity index (χ3n) is 6.92. The summed E-state index contributed by atoms with van der Waals surface area (Å²) < 4.78 is 24.3. The van der Waals surface area contributed by atoms with E-state index in [1.54, 1.807) is 19.2 Å². The second kappa shape index (κ2) is 11.8. The van der Waals surface area contributed by atoms with Crippen LogP contribution in [0.15, 0.2) is 46.9 Å². The van der Waals surface area contributed by atoms with Crippen molar-refractivity contribution in [1.82, 2.24) is 4.98 Å². The molecule has 192 valence electrons. The summed E-state index contributed by atoms with van der Waals surface area (Å²) in [6, 6.07) is 15.3. The number of rotatable bonds is 11. The molecule has 36 heavy (non-hydrogen) atoms. The second-order valence-electron chi connectivity index (χ2n) is 10.1. The number of hydrogen-bond donors (Lipinski definition) is 0. The highest BCUT2D eigenvalue weighted by Crippen LogP contribution is 2.43. The molecule has 1 aromatic heterocycles. The van der Waals surface area contributed by atoms with Gasteiger partial charge in [0.1, 0.15) is 18.1 Å². The fourth-order valence-electron chi connectivity index (χ4n) is 5.18. The van der Waals surface area contributed by atoms with E-state index in [9.17, 15) is 0 Å². The average molecular weight is 507 g/mol. The van der Waals surface area contributed by atoms with Gasteiger partial charge in [-0.05, 0) is 59.4 Å². The Kier molecular flexibility index (Phi) is 8.99. The monoisotopic (exact) mass is 506 g/mol. The molecule has 3 rings (SSSR count). The summed E-state index contributed by atoms with van der Waals surface area (Å²) in [7, 11) is -0.315. The molecule has 0 aliphatic carbocycles. The third-order valence-corrected chi connectivity index (χ3v) is 13.0. The highest BCUT2D eigenvalue weighted by Gasteiger charge is 2.45. The van der Waals surface area contributed by atoms with Crippen molar-refractivity contribution >= 4 is 8.32 Å². The molecule has 0 N–H and O–H groups in total. The lowest BCUT2D eigenvalue weighted by atomic mass is 10.1. The minimum Gasteiger partial charge on any atom is -0.493 e. The van der Waals surface area contributed by atoms with E-state index in [1.165, 1.54) is 0 Å². The molecular formula is C29H38N2O4Si. The number of aromatic nitrogens is 1. The van der Waals surface area contributed by atoms with Gasteiger partial charge < -0.3 is 18.3 Å². The zero-order chi connectivity index (χ0) is 26.5. The molecule has 0 bridgehead atoms. The Balaban J connectivity index is 1.73. The maximum Gasteiger partial charge on any atom is 0.226 e. The number of aryl methyl sites for hydroxylation is 1. The van der Waals surface area contributed by atoms with E-state index in [4.69, 9.17) is 23.6 Å². The number of oxazole rings is 1. The molecule has 0 spiro atoms. The van der Waals surface area contributed by atoms with Gasteiger partial charge in [-0.1, -0.05) is 53.7 Å². The molecule has 6 nitrogen and oxygen atoms in total. The zero-order valence-corrected chi connectivity index (χ0v) is 23.7. The molecule has 0 atom stereocenters. The largest absolute Gasteiger partial charge is 0.493 e. The first kappa shape index (κ1) is 27.5. The van der Waals surface area contributed by atoms with Crippen LogP contribution in [-0.2, 0) is 17.6 Å². The number of nitrogens with zero attached hydrogens (tertiary/aromatic N) is 2. The normalized spacial score (nSPS) is 11.8. The van der Waals surface area contributed by atoms with Gasteiger partial charge in [0.2, 0.25) is 14.2 Å². The lowest BCUT2D eigenvalue weighted by Gasteiger charge is -2.42. The van der Waals surface area contributed by atoms with Crippen molar-refractivity contribution in [3.05, 3.63) is 65.0 Å². The van der Waals surface area contributed by atoms with Gasteiger partial charge in [-0.25, -0.2) is 4.98 Å². The van der Waals surface area contributed by atoms with Gasteiger partial charge in [0.15, 0.2) is 11.5 Å². The number of benzene rings is 2. The Morgan fingerprint density at radius 3 is 2.25 bits per heavy atom. The number of ether oxygens (including phenoxy) is 2. The lowest BCUT2D eigenvalue weighted by Crippen LogP contribution is -2.47. The molecule has 2 aromatic carbocycles. The van der Waals surface area contributed by atoms with Gasteiger partial charge in [0.25, 0.3) is 0 Å². The predicted octanol–water partition coefficient (Wildman–Crippen LogP) is 7.80. The summed E-state index contributed by atoms with van der Waals surface area (Å²) in [4.78, 5) is 4.59. The quantitative estimate of drug-likeness (QED) is 0.247. The van der Waals surface area contributed by atoms with Crippen LogP contribution in [0.2, 0.25) is 16.6 Å². The molecule has 0 amide bonds. The van der Waals surface area contributed by atoms with Gasteiger partial charge in [0.05, 0.1) is 25.3 Å². The molecule has 1 heterocycles. The first-order valence-corrected chi connectivity index (χ1v) is 14.7. The van der Waals surface area contributed by atoms with E-state index < -0.39 is 8.32 Å². The van der Waals surface area contributed by atoms with E-state index in [0.717, 1.165) is 11.1 Å². The number of methoxy groups -OCH3 is 1. The average Bonchev–Trinajstić information content (AvgIpc) is 3.23. The van der Waals surface area contributed by atoms with Crippen molar-refractivity contribution in [2.45, 2.75) is 78.3 Å². The van der Waals surface area contributed by atoms with Crippen LogP contribution in [0, 0.1) is 18.3 Å². The summed E-state index contributed by atoms with van der Waals surface area (Å²) in [5.74, 6) is 2.44. The van der Waals surface area contributed by atoms with Crippen molar-refractivity contribution in [3.8, 4) is 29.0 Å². The van der Waals surface area contributed by atoms with Crippen LogP contribution >= 0.6 is 0 Å². The van der Waals surface area contributed by atoms with E-state index in [2.05, 4.69) is 52.6 Å². The predicted molar refractivity (Wildman–Crippen MR) is 145 cm³/mol. The highest BCUT2D eigenvalue weighted by atomic mass is 28.4. The van der Waals surface area contributed by atoms with Crippen molar-refractivity contribution < 1.29 is 18.3 Å². The summed E-state index contributed by atoms with van der Waals surface area (Å²) in [5, 5.41) is 9.16. The molecule has 0 radical (unpaired) electrons. The molecule has 0 unspecified atom stereocenters. The van der Waals surface area contributed by atoms with Crippen molar-refractivity contribution in [3.63, 3.8) is 0 Å². The molecule has 7 heteroatoms. The van der Waals surface area contributed by atoms with E-state index in [0.29, 0.717) is 57.6 Å². The van der Waals surface area contributed by atoms with Crippen LogP contribution in [-0.4, -0.2) is 20.4 Å². The van der Waals surface area contributed by atoms with Crippen LogP contribution in [0.3, 0.4) is 0 Å². The third kappa shape index (κ3) is 5.83. The van der Waals surface area contributed by atoms with Crippen LogP contribution < -0.4 is 9.47 Å². The zero-order valence-electron chi connectivity index (χ0n) is 22.7. The summed E-state index contributed by atoms with van der Waals surface area (Å²) in [6.45, 7) is 16.4. The van der Waals surface area contributed by atoms with Crippen LogP contribution in [0.4, 0.5) is 0 Å². The van der Waals surface area contributed by atoms with E-state index >= 15 is 0 Å². The number of hydrogen-bond acceptors (Lipinski definition) is 6. The standard InChI is InChI=1S/C29H38N2O4Si/c1-19(2)36(20(3)4,21(5)6)34-17-24-12-13-27(28(15-24)32-8)33-18-26-22(7)35-29(31-26)25-11-9-10-23(14-25)16-30/h9-15,19-21H,17-18H2,1-8H3.